The normalized spacial score (nSPS) is 24.6. The topological polar surface area (TPSA) is 38.3 Å². The molecular weight excluding hydrogens is 222 g/mol. The molecule has 0 spiro atoms. The Balaban J connectivity index is 2.11. The molecule has 1 saturated heterocycles. The Morgan fingerprint density at radius 3 is 3.00 bits per heavy atom. The van der Waals surface area contributed by atoms with Gasteiger partial charge in [0.2, 0.25) is 0 Å². The number of hydrogen-bond donors (Lipinski definition) is 1. The molecule has 0 bridgehead atoms. The van der Waals surface area contributed by atoms with Gasteiger partial charge in [-0.15, -0.1) is 11.3 Å². The van der Waals surface area contributed by atoms with Crippen LogP contribution in [-0.2, 0) is 9.53 Å². The highest BCUT2D eigenvalue weighted by molar-refractivity contribution is 7.12. The largest absolute Gasteiger partial charge is 0.466 e. The van der Waals surface area contributed by atoms with Gasteiger partial charge in [0, 0.05) is 28.8 Å². The van der Waals surface area contributed by atoms with Crippen LogP contribution in [0.25, 0.3) is 0 Å². The third kappa shape index (κ3) is 2.28. The summed E-state index contributed by atoms with van der Waals surface area (Å²) < 4.78 is 5.11. The average molecular weight is 239 g/mol. The summed E-state index contributed by atoms with van der Waals surface area (Å²) >= 11 is 1.78. The lowest BCUT2D eigenvalue weighted by molar-refractivity contribution is -0.147. The Morgan fingerprint density at radius 2 is 2.38 bits per heavy atom. The monoisotopic (exact) mass is 239 g/mol. The second-order valence-electron chi connectivity index (χ2n) is 4.07. The third-order valence-electron chi connectivity index (χ3n) is 2.93. The van der Waals surface area contributed by atoms with Crippen molar-refractivity contribution in [3.63, 3.8) is 0 Å². The highest BCUT2D eigenvalue weighted by atomic mass is 32.1. The van der Waals surface area contributed by atoms with E-state index < -0.39 is 0 Å². The Morgan fingerprint density at radius 1 is 1.56 bits per heavy atom. The lowest BCUT2D eigenvalue weighted by atomic mass is 9.95. The minimum Gasteiger partial charge on any atom is -0.466 e. The van der Waals surface area contributed by atoms with Crippen LogP contribution in [0.3, 0.4) is 0 Å². The highest BCUT2D eigenvalue weighted by Gasteiger charge is 2.35. The van der Waals surface area contributed by atoms with E-state index in [1.807, 2.05) is 6.92 Å². The smallest absolute Gasteiger partial charge is 0.310 e. The van der Waals surface area contributed by atoms with Crippen molar-refractivity contribution in [3.8, 4) is 0 Å². The van der Waals surface area contributed by atoms with Crippen LogP contribution in [0.1, 0.15) is 22.6 Å². The van der Waals surface area contributed by atoms with Crippen molar-refractivity contribution in [2.75, 3.05) is 19.7 Å². The first kappa shape index (κ1) is 11.6. The van der Waals surface area contributed by atoms with Gasteiger partial charge in [-0.3, -0.25) is 4.79 Å². The van der Waals surface area contributed by atoms with Crippen LogP contribution in [-0.4, -0.2) is 25.7 Å². The van der Waals surface area contributed by atoms with E-state index in [0.29, 0.717) is 6.61 Å². The maximum Gasteiger partial charge on any atom is 0.310 e. The summed E-state index contributed by atoms with van der Waals surface area (Å²) in [6.07, 6.45) is 0. The number of thiophene rings is 1. The van der Waals surface area contributed by atoms with E-state index in [1.165, 1.54) is 9.75 Å². The van der Waals surface area contributed by atoms with Crippen LogP contribution in [0.5, 0.6) is 0 Å². The number of rotatable bonds is 3. The summed E-state index contributed by atoms with van der Waals surface area (Å²) in [5, 5.41) is 3.28. The highest BCUT2D eigenvalue weighted by Crippen LogP contribution is 2.33. The van der Waals surface area contributed by atoms with E-state index in [0.717, 1.165) is 13.1 Å². The molecule has 1 fully saturated rings. The molecule has 0 amide bonds. The lowest BCUT2D eigenvalue weighted by Gasteiger charge is -2.15. The Hall–Kier alpha value is -0.870. The van der Waals surface area contributed by atoms with Gasteiger partial charge in [-0.1, -0.05) is 0 Å². The van der Waals surface area contributed by atoms with E-state index in [-0.39, 0.29) is 17.8 Å². The first-order valence-corrected chi connectivity index (χ1v) is 6.47. The van der Waals surface area contributed by atoms with Gasteiger partial charge in [-0.25, -0.2) is 0 Å². The summed E-state index contributed by atoms with van der Waals surface area (Å²) in [4.78, 5) is 14.4. The maximum atomic E-state index is 11.8. The molecule has 1 aromatic rings. The standard InChI is InChI=1S/C12H17NO2S/c1-3-15-12(14)10-7-13-6-9(10)11-5-4-8(2)16-11/h4-5,9-10,13H,3,6-7H2,1-2H3. The molecule has 4 heteroatoms. The van der Waals surface area contributed by atoms with E-state index in [2.05, 4.69) is 24.4 Å². The zero-order valence-corrected chi connectivity index (χ0v) is 10.5. The average Bonchev–Trinajstić information content (AvgIpc) is 2.85. The van der Waals surface area contributed by atoms with Gasteiger partial charge in [0.05, 0.1) is 12.5 Å². The molecule has 0 aliphatic carbocycles. The Bertz CT molecular complexity index is 375. The fourth-order valence-electron chi connectivity index (χ4n) is 2.13. The van der Waals surface area contributed by atoms with Gasteiger partial charge in [0.1, 0.15) is 0 Å². The molecule has 1 N–H and O–H groups in total. The fraction of sp³-hybridized carbons (Fsp3) is 0.583. The second-order valence-corrected chi connectivity index (χ2v) is 5.39. The zero-order valence-electron chi connectivity index (χ0n) is 9.66. The molecule has 1 aliphatic rings. The predicted molar refractivity (Wildman–Crippen MR) is 64.8 cm³/mol. The van der Waals surface area contributed by atoms with E-state index >= 15 is 0 Å². The number of ether oxygens (including phenoxy) is 1. The van der Waals surface area contributed by atoms with Crippen LogP contribution < -0.4 is 5.32 Å². The molecule has 2 heterocycles. The number of esters is 1. The van der Waals surface area contributed by atoms with Gasteiger partial charge in [0.15, 0.2) is 0 Å². The predicted octanol–water partition coefficient (Wildman–Crippen LogP) is 1.92. The molecule has 2 unspecified atom stereocenters. The minimum absolute atomic E-state index is 0.0157. The molecule has 2 atom stereocenters. The number of hydrogen-bond acceptors (Lipinski definition) is 4. The molecule has 0 aromatic carbocycles. The van der Waals surface area contributed by atoms with E-state index in [9.17, 15) is 4.79 Å². The molecule has 1 aromatic heterocycles. The Kier molecular flexibility index (Phi) is 3.61. The minimum atomic E-state index is -0.0662. The van der Waals surface area contributed by atoms with Crippen molar-refractivity contribution in [1.82, 2.24) is 5.32 Å². The van der Waals surface area contributed by atoms with Crippen molar-refractivity contribution >= 4 is 17.3 Å². The van der Waals surface area contributed by atoms with Gasteiger partial charge in [-0.2, -0.15) is 0 Å². The number of nitrogens with one attached hydrogen (secondary N) is 1. The molecular formula is C12H17NO2S. The van der Waals surface area contributed by atoms with Crippen molar-refractivity contribution in [2.24, 2.45) is 5.92 Å². The first-order valence-electron chi connectivity index (χ1n) is 5.66. The van der Waals surface area contributed by atoms with Gasteiger partial charge < -0.3 is 10.1 Å². The lowest BCUT2D eigenvalue weighted by Crippen LogP contribution is -2.23. The van der Waals surface area contributed by atoms with Crippen LogP contribution in [0.15, 0.2) is 12.1 Å². The summed E-state index contributed by atoms with van der Waals surface area (Å²) in [7, 11) is 0. The van der Waals surface area contributed by atoms with Crippen molar-refractivity contribution in [2.45, 2.75) is 19.8 Å². The summed E-state index contributed by atoms with van der Waals surface area (Å²) in [6.45, 7) is 6.02. The second kappa shape index (κ2) is 4.97. The summed E-state index contributed by atoms with van der Waals surface area (Å²) in [6, 6.07) is 4.24. The number of carbonyl (C=O) groups excluding carboxylic acids is 1. The first-order chi connectivity index (χ1) is 7.72. The van der Waals surface area contributed by atoms with Crippen LogP contribution >= 0.6 is 11.3 Å². The van der Waals surface area contributed by atoms with Gasteiger partial charge in [0.25, 0.3) is 0 Å². The van der Waals surface area contributed by atoms with Crippen molar-refractivity contribution < 1.29 is 9.53 Å². The van der Waals surface area contributed by atoms with Crippen LogP contribution in [0.4, 0.5) is 0 Å². The maximum absolute atomic E-state index is 11.8. The molecule has 0 radical (unpaired) electrons. The van der Waals surface area contributed by atoms with Crippen molar-refractivity contribution in [1.29, 1.82) is 0 Å². The zero-order chi connectivity index (χ0) is 11.5. The fourth-order valence-corrected chi connectivity index (χ4v) is 3.17. The third-order valence-corrected chi connectivity index (χ3v) is 4.06. The molecule has 2 rings (SSSR count). The quantitative estimate of drug-likeness (QED) is 0.819. The van der Waals surface area contributed by atoms with Gasteiger partial charge >= 0.3 is 5.97 Å². The van der Waals surface area contributed by atoms with Gasteiger partial charge in [-0.05, 0) is 26.0 Å². The molecule has 1 aliphatic heterocycles. The summed E-state index contributed by atoms with van der Waals surface area (Å²) in [5.41, 5.74) is 0. The molecule has 16 heavy (non-hydrogen) atoms. The SMILES string of the molecule is CCOC(=O)C1CNCC1c1ccc(C)s1. The number of carbonyl (C=O) groups is 1. The van der Waals surface area contributed by atoms with E-state index in [4.69, 9.17) is 4.74 Å². The molecule has 0 saturated carbocycles. The summed E-state index contributed by atoms with van der Waals surface area (Å²) in [5.74, 6) is 0.208. The molecule has 88 valence electrons. The number of aryl methyl sites for hydroxylation is 1. The van der Waals surface area contributed by atoms with Crippen LogP contribution in [0.2, 0.25) is 0 Å². The van der Waals surface area contributed by atoms with Crippen molar-refractivity contribution in [3.05, 3.63) is 21.9 Å². The molecule has 3 nitrogen and oxygen atoms in total. The van der Waals surface area contributed by atoms with Crippen LogP contribution in [0, 0.1) is 12.8 Å². The Labute approximate surface area is 99.8 Å². The van der Waals surface area contributed by atoms with E-state index in [1.54, 1.807) is 11.3 Å².